The fraction of sp³-hybridized carbons (Fsp3) is 0.231. The van der Waals surface area contributed by atoms with Gasteiger partial charge in [0.05, 0.1) is 10.7 Å². The summed E-state index contributed by atoms with van der Waals surface area (Å²) in [5.74, 6) is -1.52. The van der Waals surface area contributed by atoms with Crippen LogP contribution in [0.5, 0.6) is 0 Å². The first-order valence-electron chi connectivity index (χ1n) is 6.25. The molecule has 0 aliphatic rings. The number of aryl methyl sites for hydroxylation is 2. The van der Waals surface area contributed by atoms with Gasteiger partial charge < -0.3 is 4.98 Å². The zero-order valence-electron chi connectivity index (χ0n) is 11.2. The van der Waals surface area contributed by atoms with E-state index in [0.29, 0.717) is 12.1 Å². The summed E-state index contributed by atoms with van der Waals surface area (Å²) in [6.07, 6.45) is 0.701. The van der Waals surface area contributed by atoms with Crippen LogP contribution in [-0.2, 0) is 13.5 Å². The number of H-pyrrole nitrogens is 1. The monoisotopic (exact) mass is 328 g/mol. The first-order valence-corrected chi connectivity index (χ1v) is 7.04. The lowest BCUT2D eigenvalue weighted by Crippen LogP contribution is -2.04. The van der Waals surface area contributed by atoms with Crippen molar-refractivity contribution in [2.75, 3.05) is 0 Å². The molecule has 21 heavy (non-hydrogen) atoms. The lowest BCUT2D eigenvalue weighted by atomic mass is 10.3. The molecular formula is C13H11ClF2N4S. The Labute approximate surface area is 129 Å². The molecule has 0 amide bonds. The van der Waals surface area contributed by atoms with Crippen LogP contribution < -0.4 is 0 Å². The molecule has 0 bridgehead atoms. The zero-order chi connectivity index (χ0) is 15.3. The van der Waals surface area contributed by atoms with E-state index in [1.165, 1.54) is 4.57 Å². The normalized spacial score (nSPS) is 11.5. The quantitative estimate of drug-likeness (QED) is 0.724. The number of benzene rings is 1. The molecular weight excluding hydrogens is 318 g/mol. The van der Waals surface area contributed by atoms with Gasteiger partial charge in [-0.05, 0) is 24.7 Å². The standard InChI is InChI=1S/C13H11ClF2N4S/c1-3-9-10-12(19(2)18-9)20(13(21)17-10)11-7(14)4-6(15)5-8(11)16/h4-5H,3H2,1-2H3,(H,17,21). The van der Waals surface area contributed by atoms with E-state index in [-0.39, 0.29) is 15.5 Å². The summed E-state index contributed by atoms with van der Waals surface area (Å²) in [5.41, 5.74) is 2.14. The van der Waals surface area contributed by atoms with Gasteiger partial charge in [0.1, 0.15) is 17.0 Å². The molecule has 0 saturated carbocycles. The number of nitrogens with zero attached hydrogens (tertiary/aromatic N) is 3. The van der Waals surface area contributed by atoms with E-state index in [1.807, 2.05) is 6.92 Å². The summed E-state index contributed by atoms with van der Waals surface area (Å²) < 4.78 is 30.7. The van der Waals surface area contributed by atoms with Crippen LogP contribution in [0.2, 0.25) is 5.02 Å². The highest BCUT2D eigenvalue weighted by atomic mass is 35.5. The maximum absolute atomic E-state index is 14.2. The minimum absolute atomic E-state index is 0.0139. The van der Waals surface area contributed by atoms with Crippen molar-refractivity contribution in [1.29, 1.82) is 0 Å². The van der Waals surface area contributed by atoms with Crippen LogP contribution in [0.1, 0.15) is 12.6 Å². The van der Waals surface area contributed by atoms with Crippen LogP contribution in [0.15, 0.2) is 12.1 Å². The molecule has 0 aliphatic carbocycles. The van der Waals surface area contributed by atoms with E-state index in [1.54, 1.807) is 11.7 Å². The van der Waals surface area contributed by atoms with Crippen LogP contribution >= 0.6 is 23.8 Å². The van der Waals surface area contributed by atoms with Gasteiger partial charge in [0, 0.05) is 13.1 Å². The molecule has 0 radical (unpaired) electrons. The highest BCUT2D eigenvalue weighted by Gasteiger charge is 2.20. The lowest BCUT2D eigenvalue weighted by molar-refractivity contribution is 0.577. The molecule has 0 aliphatic heterocycles. The summed E-state index contributed by atoms with van der Waals surface area (Å²) in [6.45, 7) is 1.96. The SMILES string of the molecule is CCc1nn(C)c2c1[nH]c(=S)n2-c1c(F)cc(F)cc1Cl. The molecule has 0 saturated heterocycles. The Hall–Kier alpha value is -1.73. The fourth-order valence-corrected chi connectivity index (χ4v) is 2.97. The summed E-state index contributed by atoms with van der Waals surface area (Å²) in [7, 11) is 1.73. The number of aromatic amines is 1. The van der Waals surface area contributed by atoms with Crippen molar-refractivity contribution in [2.24, 2.45) is 7.05 Å². The van der Waals surface area contributed by atoms with Gasteiger partial charge in [0.15, 0.2) is 16.2 Å². The number of nitrogens with one attached hydrogen (secondary N) is 1. The van der Waals surface area contributed by atoms with E-state index in [4.69, 9.17) is 23.8 Å². The predicted octanol–water partition coefficient (Wildman–Crippen LogP) is 3.92. The van der Waals surface area contributed by atoms with Crippen molar-refractivity contribution in [1.82, 2.24) is 19.3 Å². The second-order valence-corrected chi connectivity index (χ2v) is 5.40. The largest absolute Gasteiger partial charge is 0.327 e. The van der Waals surface area contributed by atoms with Gasteiger partial charge in [-0.15, -0.1) is 0 Å². The Bertz CT molecular complexity index is 886. The first-order chi connectivity index (χ1) is 9.93. The van der Waals surface area contributed by atoms with Gasteiger partial charge in [-0.2, -0.15) is 5.10 Å². The predicted molar refractivity (Wildman–Crippen MR) is 79.5 cm³/mol. The second-order valence-electron chi connectivity index (χ2n) is 4.61. The number of aromatic nitrogens is 4. The Morgan fingerprint density at radius 3 is 2.71 bits per heavy atom. The third-order valence-electron chi connectivity index (χ3n) is 3.28. The van der Waals surface area contributed by atoms with Crippen LogP contribution in [0, 0.1) is 16.4 Å². The number of halogens is 3. The molecule has 0 atom stereocenters. The topological polar surface area (TPSA) is 38.5 Å². The van der Waals surface area contributed by atoms with Gasteiger partial charge in [-0.1, -0.05) is 18.5 Å². The minimum Gasteiger partial charge on any atom is -0.327 e. The molecule has 3 aromatic rings. The van der Waals surface area contributed by atoms with E-state index < -0.39 is 11.6 Å². The van der Waals surface area contributed by atoms with Crippen LogP contribution in [-0.4, -0.2) is 19.3 Å². The van der Waals surface area contributed by atoms with Gasteiger partial charge in [0.2, 0.25) is 0 Å². The smallest absolute Gasteiger partial charge is 0.184 e. The van der Waals surface area contributed by atoms with Crippen LogP contribution in [0.25, 0.3) is 16.9 Å². The van der Waals surface area contributed by atoms with Gasteiger partial charge in [-0.25, -0.2) is 13.5 Å². The van der Waals surface area contributed by atoms with E-state index in [2.05, 4.69) is 10.1 Å². The average Bonchev–Trinajstić information content (AvgIpc) is 2.87. The molecule has 110 valence electrons. The molecule has 1 aromatic carbocycles. The number of rotatable bonds is 2. The summed E-state index contributed by atoms with van der Waals surface area (Å²) in [5, 5.41) is 4.30. The third-order valence-corrected chi connectivity index (χ3v) is 3.85. The maximum Gasteiger partial charge on any atom is 0.184 e. The molecule has 2 heterocycles. The molecule has 1 N–H and O–H groups in total. The van der Waals surface area contributed by atoms with Crippen molar-refractivity contribution in [3.05, 3.63) is 39.3 Å². The third kappa shape index (κ3) is 2.08. The van der Waals surface area contributed by atoms with Gasteiger partial charge >= 0.3 is 0 Å². The van der Waals surface area contributed by atoms with Gasteiger partial charge in [-0.3, -0.25) is 4.57 Å². The highest BCUT2D eigenvalue weighted by Crippen LogP contribution is 2.29. The van der Waals surface area contributed by atoms with Crippen molar-refractivity contribution < 1.29 is 8.78 Å². The van der Waals surface area contributed by atoms with E-state index >= 15 is 0 Å². The number of fused-ring (bicyclic) bond motifs is 1. The summed E-state index contributed by atoms with van der Waals surface area (Å²) >= 11 is 11.3. The minimum atomic E-state index is -0.781. The summed E-state index contributed by atoms with van der Waals surface area (Å²) in [4.78, 5) is 3.01. The van der Waals surface area contributed by atoms with Crippen molar-refractivity contribution in [2.45, 2.75) is 13.3 Å². The molecule has 0 spiro atoms. The van der Waals surface area contributed by atoms with E-state index in [9.17, 15) is 8.78 Å². The van der Waals surface area contributed by atoms with Crippen molar-refractivity contribution >= 4 is 35.0 Å². The van der Waals surface area contributed by atoms with Crippen molar-refractivity contribution in [3.63, 3.8) is 0 Å². The molecule has 3 rings (SSSR count). The number of imidazole rings is 1. The van der Waals surface area contributed by atoms with Crippen LogP contribution in [0.3, 0.4) is 0 Å². The van der Waals surface area contributed by atoms with Crippen LogP contribution in [0.4, 0.5) is 8.78 Å². The summed E-state index contributed by atoms with van der Waals surface area (Å²) in [6, 6.07) is 1.83. The fourth-order valence-electron chi connectivity index (χ4n) is 2.42. The molecule has 0 fully saturated rings. The first kappa shape index (κ1) is 14.2. The number of hydrogen-bond donors (Lipinski definition) is 1. The number of hydrogen-bond acceptors (Lipinski definition) is 2. The lowest BCUT2D eigenvalue weighted by Gasteiger charge is -2.08. The Morgan fingerprint density at radius 2 is 2.10 bits per heavy atom. The molecule has 8 heteroatoms. The molecule has 4 nitrogen and oxygen atoms in total. The van der Waals surface area contributed by atoms with E-state index in [0.717, 1.165) is 23.3 Å². The molecule has 0 unspecified atom stereocenters. The second kappa shape index (κ2) is 4.92. The molecule has 2 aromatic heterocycles. The average molecular weight is 329 g/mol. The zero-order valence-corrected chi connectivity index (χ0v) is 12.8. The Balaban J connectivity index is 2.44. The van der Waals surface area contributed by atoms with Crippen molar-refractivity contribution in [3.8, 4) is 5.69 Å². The van der Waals surface area contributed by atoms with Gasteiger partial charge in [0.25, 0.3) is 0 Å². The maximum atomic E-state index is 14.2. The Kier molecular flexibility index (Phi) is 3.33. The Morgan fingerprint density at radius 1 is 1.38 bits per heavy atom. The highest BCUT2D eigenvalue weighted by molar-refractivity contribution is 7.71.